The molecule has 0 radical (unpaired) electrons. The summed E-state index contributed by atoms with van der Waals surface area (Å²) in [5, 5.41) is 0. The molecule has 0 spiro atoms. The third-order valence-electron chi connectivity index (χ3n) is 1.16. The number of carbonyl (C=O) groups excluding carboxylic acids is 1. The fourth-order valence-corrected chi connectivity index (χ4v) is 0.385. The second-order valence-corrected chi connectivity index (χ2v) is 2.21. The summed E-state index contributed by atoms with van der Waals surface area (Å²) < 4.78 is 0. The summed E-state index contributed by atoms with van der Waals surface area (Å²) in [5.74, 6) is 0.255. The van der Waals surface area contributed by atoms with Crippen molar-refractivity contribution in [1.29, 1.82) is 0 Å². The molecule has 0 aliphatic rings. The summed E-state index contributed by atoms with van der Waals surface area (Å²) in [6, 6.07) is 12.0. The van der Waals surface area contributed by atoms with Gasteiger partial charge in [0.05, 0.1) is 0 Å². The summed E-state index contributed by atoms with van der Waals surface area (Å²) in [6.07, 6.45) is 0.667. The van der Waals surface area contributed by atoms with Crippen molar-refractivity contribution in [2.75, 3.05) is 0 Å². The largest absolute Gasteiger partial charge is 0.412 e. The Morgan fingerprint density at radius 2 is 1.17 bits per heavy atom. The van der Waals surface area contributed by atoms with E-state index in [0.717, 1.165) is 0 Å². The molecule has 0 saturated heterocycles. The van der Waals surface area contributed by atoms with Gasteiger partial charge in [0, 0.05) is 6.42 Å². The topological polar surface area (TPSA) is 48.6 Å². The first-order chi connectivity index (χ1) is 5.27. The molecule has 1 aromatic carbocycles. The van der Waals surface area contributed by atoms with Crippen molar-refractivity contribution in [2.45, 2.75) is 20.3 Å². The summed E-state index contributed by atoms with van der Waals surface area (Å²) in [6.45, 7) is 3.43. The number of carbonyl (C=O) groups is 1. The van der Waals surface area contributed by atoms with Crippen molar-refractivity contribution in [1.82, 2.24) is 0 Å². The van der Waals surface area contributed by atoms with Crippen LogP contribution in [0.2, 0.25) is 0 Å². The van der Waals surface area contributed by atoms with Crippen LogP contribution in [0.5, 0.6) is 0 Å². The van der Waals surface area contributed by atoms with Gasteiger partial charge in [0.2, 0.25) is 0 Å². The van der Waals surface area contributed by atoms with Crippen molar-refractivity contribution < 1.29 is 10.3 Å². The van der Waals surface area contributed by atoms with Crippen LogP contribution in [-0.2, 0) is 4.79 Å². The van der Waals surface area contributed by atoms with Crippen LogP contribution in [0.4, 0.5) is 0 Å². The highest BCUT2D eigenvalue weighted by molar-refractivity contribution is 5.74. The average molecular weight is 168 g/mol. The predicted molar refractivity (Wildman–Crippen MR) is 51.0 cm³/mol. The molecule has 0 unspecified atom stereocenters. The Bertz CT molecular complexity index is 156. The zero-order valence-corrected chi connectivity index (χ0v) is 7.58. The van der Waals surface area contributed by atoms with E-state index in [0.29, 0.717) is 6.42 Å². The lowest BCUT2D eigenvalue weighted by atomic mass is 10.4. The quantitative estimate of drug-likeness (QED) is 0.631. The highest BCUT2D eigenvalue weighted by Crippen LogP contribution is 1.79. The molecule has 2 N–H and O–H groups in total. The van der Waals surface area contributed by atoms with Gasteiger partial charge in [0.1, 0.15) is 5.78 Å². The third-order valence-corrected chi connectivity index (χ3v) is 1.16. The van der Waals surface area contributed by atoms with Crippen LogP contribution >= 0.6 is 0 Å². The fourth-order valence-electron chi connectivity index (χ4n) is 0.385. The maximum Gasteiger partial charge on any atom is 0.129 e. The minimum atomic E-state index is 0. The maximum absolute atomic E-state index is 9.81. The number of ketones is 1. The third kappa shape index (κ3) is 11.6. The van der Waals surface area contributed by atoms with E-state index in [1.54, 1.807) is 6.92 Å². The van der Waals surface area contributed by atoms with Crippen molar-refractivity contribution in [3.05, 3.63) is 36.4 Å². The molecule has 0 amide bonds. The normalized spacial score (nSPS) is 7.17. The van der Waals surface area contributed by atoms with Crippen molar-refractivity contribution in [3.63, 3.8) is 0 Å². The van der Waals surface area contributed by atoms with Crippen LogP contribution in [0.1, 0.15) is 20.3 Å². The maximum atomic E-state index is 9.81. The van der Waals surface area contributed by atoms with Gasteiger partial charge in [-0.3, -0.25) is 0 Å². The van der Waals surface area contributed by atoms with Gasteiger partial charge in [0.15, 0.2) is 0 Å². The summed E-state index contributed by atoms with van der Waals surface area (Å²) in [5.41, 5.74) is 0. The highest BCUT2D eigenvalue weighted by Gasteiger charge is 1.76. The lowest BCUT2D eigenvalue weighted by Crippen LogP contribution is -1.80. The van der Waals surface area contributed by atoms with Gasteiger partial charge in [-0.15, -0.1) is 0 Å². The zero-order valence-electron chi connectivity index (χ0n) is 7.58. The minimum Gasteiger partial charge on any atom is -0.412 e. The van der Waals surface area contributed by atoms with E-state index in [1.165, 1.54) is 0 Å². The van der Waals surface area contributed by atoms with E-state index in [2.05, 4.69) is 0 Å². The Labute approximate surface area is 73.5 Å². The van der Waals surface area contributed by atoms with Crippen molar-refractivity contribution >= 4 is 5.78 Å². The Kier molecular flexibility index (Phi) is 11.0. The van der Waals surface area contributed by atoms with E-state index < -0.39 is 0 Å². The number of benzene rings is 1. The van der Waals surface area contributed by atoms with Crippen LogP contribution in [0.15, 0.2) is 36.4 Å². The molecule has 1 aromatic rings. The SMILES string of the molecule is CCC(C)=O.O.c1ccccc1. The van der Waals surface area contributed by atoms with Crippen molar-refractivity contribution in [2.24, 2.45) is 0 Å². The highest BCUT2D eigenvalue weighted by atomic mass is 16.1. The smallest absolute Gasteiger partial charge is 0.129 e. The van der Waals surface area contributed by atoms with Crippen LogP contribution in [0, 0.1) is 0 Å². The van der Waals surface area contributed by atoms with Gasteiger partial charge in [-0.25, -0.2) is 0 Å². The first-order valence-electron chi connectivity index (χ1n) is 3.76. The fraction of sp³-hybridized carbons (Fsp3) is 0.300. The van der Waals surface area contributed by atoms with Gasteiger partial charge in [-0.05, 0) is 6.92 Å². The van der Waals surface area contributed by atoms with Crippen LogP contribution in [-0.4, -0.2) is 11.3 Å². The van der Waals surface area contributed by atoms with Gasteiger partial charge in [-0.2, -0.15) is 0 Å². The summed E-state index contributed by atoms with van der Waals surface area (Å²) in [4.78, 5) is 9.81. The molecule has 68 valence electrons. The zero-order chi connectivity index (χ0) is 8.53. The van der Waals surface area contributed by atoms with Gasteiger partial charge < -0.3 is 10.3 Å². The van der Waals surface area contributed by atoms with E-state index in [9.17, 15) is 4.79 Å². The van der Waals surface area contributed by atoms with Gasteiger partial charge in [-0.1, -0.05) is 43.3 Å². The second kappa shape index (κ2) is 9.85. The molecule has 0 heterocycles. The number of rotatable bonds is 1. The Hall–Kier alpha value is -1.15. The second-order valence-electron chi connectivity index (χ2n) is 2.21. The first-order valence-corrected chi connectivity index (χ1v) is 3.76. The Morgan fingerprint density at radius 1 is 1.00 bits per heavy atom. The minimum absolute atomic E-state index is 0. The molecule has 0 aromatic heterocycles. The Morgan fingerprint density at radius 3 is 1.25 bits per heavy atom. The molecule has 12 heavy (non-hydrogen) atoms. The number of hydrogen-bond donors (Lipinski definition) is 0. The lowest BCUT2D eigenvalue weighted by molar-refractivity contribution is -0.116. The molecule has 0 aliphatic heterocycles. The summed E-state index contributed by atoms with van der Waals surface area (Å²) in [7, 11) is 0. The molecule has 0 aliphatic carbocycles. The number of hydrogen-bond acceptors (Lipinski definition) is 1. The van der Waals surface area contributed by atoms with Gasteiger partial charge >= 0.3 is 0 Å². The predicted octanol–water partition coefficient (Wildman–Crippen LogP) is 1.85. The van der Waals surface area contributed by atoms with Crippen molar-refractivity contribution in [3.8, 4) is 0 Å². The molecule has 0 atom stereocenters. The Balaban J connectivity index is 0. The molecular weight excluding hydrogens is 152 g/mol. The monoisotopic (exact) mass is 168 g/mol. The first kappa shape index (κ1) is 13.4. The summed E-state index contributed by atoms with van der Waals surface area (Å²) >= 11 is 0. The average Bonchev–Trinajstić information content (AvgIpc) is 2.09. The van der Waals surface area contributed by atoms with E-state index in [-0.39, 0.29) is 11.3 Å². The molecular formula is C10H16O2. The molecule has 1 rings (SSSR count). The molecule has 0 bridgehead atoms. The van der Waals surface area contributed by atoms with Crippen LogP contribution in [0.25, 0.3) is 0 Å². The molecule has 2 heteroatoms. The molecule has 0 fully saturated rings. The van der Waals surface area contributed by atoms with E-state index in [1.807, 2.05) is 43.3 Å². The standard InChI is InChI=1S/C6H6.C4H8O.H2O/c1-2-4-6-5-3-1;1-3-4(2)5;/h1-6H;3H2,1-2H3;1H2. The van der Waals surface area contributed by atoms with Gasteiger partial charge in [0.25, 0.3) is 0 Å². The molecule has 2 nitrogen and oxygen atoms in total. The van der Waals surface area contributed by atoms with Crippen LogP contribution < -0.4 is 0 Å². The van der Waals surface area contributed by atoms with Crippen LogP contribution in [0.3, 0.4) is 0 Å². The van der Waals surface area contributed by atoms with E-state index in [4.69, 9.17) is 0 Å². The molecule has 0 saturated carbocycles. The lowest BCUT2D eigenvalue weighted by Gasteiger charge is -1.71. The van der Waals surface area contributed by atoms with E-state index >= 15 is 0 Å². The number of Topliss-reactive ketones (excluding diaryl/α,β-unsaturated/α-hetero) is 1.